The summed E-state index contributed by atoms with van der Waals surface area (Å²) >= 11 is 0. The average molecular weight is 684 g/mol. The number of halogens is 6. The van der Waals surface area contributed by atoms with Crippen molar-refractivity contribution in [2.75, 3.05) is 49.2 Å². The molecule has 1 fully saturated rings. The van der Waals surface area contributed by atoms with Gasteiger partial charge in [0.2, 0.25) is 0 Å². The van der Waals surface area contributed by atoms with Gasteiger partial charge in [0, 0.05) is 38.4 Å². The van der Waals surface area contributed by atoms with E-state index in [4.69, 9.17) is 9.84 Å². The summed E-state index contributed by atoms with van der Waals surface area (Å²) in [5, 5.41) is 21.4. The molecule has 1 saturated heterocycles. The largest absolute Gasteiger partial charge is 0.447 e. The Morgan fingerprint density at radius 1 is 0.979 bits per heavy atom. The van der Waals surface area contributed by atoms with Crippen LogP contribution in [0.3, 0.4) is 0 Å². The number of anilines is 2. The molecule has 3 heterocycles. The molecule has 0 bridgehead atoms. The van der Waals surface area contributed by atoms with Crippen molar-refractivity contribution in [3.8, 4) is 0 Å². The fraction of sp³-hybridized carbons (Fsp3) is 0.562. The molecular formula is C32H39F6N7O3. The minimum Gasteiger partial charge on any atom is -0.447 e. The molecule has 262 valence electrons. The maximum Gasteiger partial charge on any atom is 0.416 e. The van der Waals surface area contributed by atoms with Crippen molar-refractivity contribution in [2.45, 2.75) is 64.5 Å². The second-order valence-electron chi connectivity index (χ2n) is 12.5. The first-order chi connectivity index (χ1) is 22.6. The van der Waals surface area contributed by atoms with Gasteiger partial charge in [-0.2, -0.15) is 31.1 Å². The third-order valence-electron chi connectivity index (χ3n) is 8.85. The number of nitrogens with zero attached hydrogens (tertiary/aromatic N) is 7. The van der Waals surface area contributed by atoms with Crippen LogP contribution in [-0.4, -0.2) is 75.7 Å². The number of tetrazole rings is 1. The summed E-state index contributed by atoms with van der Waals surface area (Å²) in [5.74, 6) is 0.355. The Bertz CT molecular complexity index is 1550. The van der Waals surface area contributed by atoms with E-state index in [1.54, 1.807) is 9.80 Å². The average Bonchev–Trinajstić information content (AvgIpc) is 3.37. The molecule has 2 aliphatic rings. The number of carbonyl (C=O) groups is 1. The molecule has 10 nitrogen and oxygen atoms in total. The number of alkyl halides is 6. The monoisotopic (exact) mass is 683 g/mol. The number of ether oxygens (including phenoxy) is 1. The summed E-state index contributed by atoms with van der Waals surface area (Å²) in [5.41, 5.74) is 0.844. The van der Waals surface area contributed by atoms with Gasteiger partial charge in [0.15, 0.2) is 0 Å². The normalized spacial score (nSPS) is 17.7. The molecule has 1 unspecified atom stereocenters. The van der Waals surface area contributed by atoms with Crippen molar-refractivity contribution < 1.29 is 41.0 Å². The van der Waals surface area contributed by atoms with Gasteiger partial charge in [-0.05, 0) is 85.6 Å². The van der Waals surface area contributed by atoms with Gasteiger partial charge in [0.25, 0.3) is 5.95 Å². The molecule has 1 atom stereocenters. The molecular weight excluding hydrogens is 644 g/mol. The number of fused-ring (bicyclic) bond motifs is 1. The molecule has 16 heteroatoms. The number of aliphatic hydroxyl groups is 1. The first kappa shape index (κ1) is 35.2. The first-order valence-corrected chi connectivity index (χ1v) is 15.8. The van der Waals surface area contributed by atoms with E-state index in [1.165, 1.54) is 11.8 Å². The highest BCUT2D eigenvalue weighted by Gasteiger charge is 2.38. The van der Waals surface area contributed by atoms with Gasteiger partial charge in [0.05, 0.1) is 30.8 Å². The lowest BCUT2D eigenvalue weighted by atomic mass is 9.93. The third kappa shape index (κ3) is 8.13. The zero-order valence-electron chi connectivity index (χ0n) is 27.0. The Labute approximate surface area is 274 Å². The van der Waals surface area contributed by atoms with Crippen molar-refractivity contribution in [2.24, 2.45) is 13.0 Å². The fourth-order valence-electron chi connectivity index (χ4n) is 6.78. The van der Waals surface area contributed by atoms with Gasteiger partial charge in [-0.1, -0.05) is 22.8 Å². The quantitative estimate of drug-likeness (QED) is 0.287. The summed E-state index contributed by atoms with van der Waals surface area (Å²) in [7, 11) is 1.54. The van der Waals surface area contributed by atoms with Gasteiger partial charge >= 0.3 is 18.4 Å². The lowest BCUT2D eigenvalue weighted by molar-refractivity contribution is -0.143. The lowest BCUT2D eigenvalue weighted by Gasteiger charge is -2.37. The number of rotatable bonds is 8. The van der Waals surface area contributed by atoms with Gasteiger partial charge in [-0.25, -0.2) is 4.79 Å². The number of benzene rings is 2. The maximum atomic E-state index is 13.8. The second kappa shape index (κ2) is 14.2. The Kier molecular flexibility index (Phi) is 10.4. The molecule has 1 aromatic heterocycles. The van der Waals surface area contributed by atoms with E-state index >= 15 is 0 Å². The van der Waals surface area contributed by atoms with Crippen LogP contribution in [0.4, 0.5) is 42.8 Å². The maximum absolute atomic E-state index is 13.8. The summed E-state index contributed by atoms with van der Waals surface area (Å²) < 4.78 is 87.7. The highest BCUT2D eigenvalue weighted by Crippen LogP contribution is 2.43. The zero-order chi connectivity index (χ0) is 34.8. The Morgan fingerprint density at radius 3 is 2.23 bits per heavy atom. The van der Waals surface area contributed by atoms with Crippen LogP contribution in [0.5, 0.6) is 0 Å². The number of aromatic nitrogens is 4. The van der Waals surface area contributed by atoms with E-state index in [2.05, 4.69) is 26.4 Å². The molecule has 2 aliphatic heterocycles. The molecule has 0 aliphatic carbocycles. The molecule has 48 heavy (non-hydrogen) atoms. The van der Waals surface area contributed by atoms with Crippen LogP contribution < -0.4 is 9.80 Å². The van der Waals surface area contributed by atoms with Gasteiger partial charge in [-0.3, -0.25) is 0 Å². The van der Waals surface area contributed by atoms with Crippen molar-refractivity contribution in [1.82, 2.24) is 25.1 Å². The summed E-state index contributed by atoms with van der Waals surface area (Å²) in [4.78, 5) is 19.1. The van der Waals surface area contributed by atoms with Crippen LogP contribution in [0.25, 0.3) is 0 Å². The standard InChI is InChI=1S/C32H39F6N7O3/c1-20-13-21(2)28-26(14-20)27(5-4-8-44(28)18-22-6-9-43(10-7-22)30(47)48-12-11-46)45(29-39-41-42(3)40-29)19-23-15-24(31(33,34)35)17-25(16-23)32(36,37)38/h13-17,22,27,46H,4-12,18-19H2,1-3H3. The molecule has 0 spiro atoms. The molecule has 1 N–H and O–H groups in total. The lowest BCUT2D eigenvalue weighted by Crippen LogP contribution is -2.42. The van der Waals surface area contributed by atoms with Crippen LogP contribution in [0.15, 0.2) is 30.3 Å². The van der Waals surface area contributed by atoms with Gasteiger partial charge in [-0.15, -0.1) is 5.10 Å². The highest BCUT2D eigenvalue weighted by molar-refractivity contribution is 5.68. The molecule has 2 aromatic carbocycles. The number of aliphatic hydroxyl groups excluding tert-OH is 1. The number of carbonyl (C=O) groups excluding carboxylic acids is 1. The number of amides is 1. The highest BCUT2D eigenvalue weighted by atomic mass is 19.4. The van der Waals surface area contributed by atoms with Crippen molar-refractivity contribution in [3.63, 3.8) is 0 Å². The van der Waals surface area contributed by atoms with Crippen LogP contribution >= 0.6 is 0 Å². The smallest absolute Gasteiger partial charge is 0.416 e. The van der Waals surface area contributed by atoms with Crippen LogP contribution in [0.2, 0.25) is 0 Å². The van der Waals surface area contributed by atoms with E-state index in [1.807, 2.05) is 19.9 Å². The molecule has 5 rings (SSSR count). The van der Waals surface area contributed by atoms with Crippen LogP contribution in [-0.2, 0) is 30.7 Å². The van der Waals surface area contributed by atoms with Crippen molar-refractivity contribution in [3.05, 3.63) is 63.7 Å². The van der Waals surface area contributed by atoms with Crippen molar-refractivity contribution in [1.29, 1.82) is 0 Å². The Morgan fingerprint density at radius 2 is 1.65 bits per heavy atom. The summed E-state index contributed by atoms with van der Waals surface area (Å²) in [6.45, 7) is 5.75. The molecule has 3 aromatic rings. The minimum atomic E-state index is -4.98. The predicted octanol–water partition coefficient (Wildman–Crippen LogP) is 6.05. The number of piperidine rings is 1. The number of aryl methyl sites for hydroxylation is 3. The van der Waals surface area contributed by atoms with E-state index in [0.717, 1.165) is 47.4 Å². The number of hydrogen-bond donors (Lipinski definition) is 1. The predicted molar refractivity (Wildman–Crippen MR) is 164 cm³/mol. The van der Waals surface area contributed by atoms with E-state index < -0.39 is 35.6 Å². The Balaban J connectivity index is 1.49. The summed E-state index contributed by atoms with van der Waals surface area (Å²) in [6, 6.07) is 5.21. The topological polar surface area (TPSA) is 99.9 Å². The number of likely N-dealkylation sites (tertiary alicyclic amines) is 1. The van der Waals surface area contributed by atoms with Crippen LogP contribution in [0, 0.1) is 19.8 Å². The van der Waals surface area contributed by atoms with E-state index in [9.17, 15) is 31.1 Å². The molecule has 0 saturated carbocycles. The SMILES string of the molecule is Cc1cc(C)c2c(c1)C(N(Cc1cc(C(F)(F)F)cc(C(F)(F)F)c1)c1nnn(C)n1)CCCN2CC1CCN(C(=O)OCCO)CC1. The zero-order valence-corrected chi connectivity index (χ0v) is 27.0. The summed E-state index contributed by atoms with van der Waals surface area (Å²) in [6.07, 6.45) is -7.70. The van der Waals surface area contributed by atoms with Gasteiger partial charge < -0.3 is 24.5 Å². The van der Waals surface area contributed by atoms with Gasteiger partial charge in [0.1, 0.15) is 6.61 Å². The Hall–Kier alpha value is -4.08. The first-order valence-electron chi connectivity index (χ1n) is 15.8. The van der Waals surface area contributed by atoms with E-state index in [-0.39, 0.29) is 43.3 Å². The molecule has 1 amide bonds. The third-order valence-corrected chi connectivity index (χ3v) is 8.85. The number of hydrogen-bond acceptors (Lipinski definition) is 8. The van der Waals surface area contributed by atoms with E-state index in [0.29, 0.717) is 39.0 Å². The van der Waals surface area contributed by atoms with Crippen molar-refractivity contribution >= 4 is 17.7 Å². The second-order valence-corrected chi connectivity index (χ2v) is 12.5. The minimum absolute atomic E-state index is 0.0540. The fourth-order valence-corrected chi connectivity index (χ4v) is 6.78. The molecule has 0 radical (unpaired) electrons. The van der Waals surface area contributed by atoms with Crippen LogP contribution in [0.1, 0.15) is 65.1 Å².